The van der Waals surface area contributed by atoms with Gasteiger partial charge in [-0.25, -0.2) is 4.57 Å². The molecule has 0 aromatic rings. The maximum atomic E-state index is 12.9. The number of carbonyl (C=O) groups excluding carboxylic acids is 1. The first-order chi connectivity index (χ1) is 32.9. The highest BCUT2D eigenvalue weighted by Crippen LogP contribution is 2.43. The Morgan fingerprint density at radius 1 is 0.433 bits per heavy atom. The first-order valence-electron chi connectivity index (χ1n) is 30.2. The summed E-state index contributed by atoms with van der Waals surface area (Å²) in [7, 11) is -4.32. The highest BCUT2D eigenvalue weighted by Gasteiger charge is 2.27. The Bertz CT molecular complexity index is 1020. The summed E-state index contributed by atoms with van der Waals surface area (Å²) in [5.74, 6) is -0.153. The molecule has 0 spiro atoms. The minimum absolute atomic E-state index is 0.0928. The topological polar surface area (TPSA) is 131 Å². The number of carbonyl (C=O) groups is 1. The number of hydrogen-bond donors (Lipinski definition) is 4. The fourth-order valence-corrected chi connectivity index (χ4v) is 10.4. The third-order valence-corrected chi connectivity index (χ3v) is 15.2. The Morgan fingerprint density at radius 3 is 0.955 bits per heavy atom. The normalized spacial score (nSPS) is 13.6. The SMILES string of the molecule is CCCCCCCCCCCCCCCCCCCCCCCCCCCCCCCCCCCCC(=O)N[C@@H](COP(=O)(O)OCCN)[C@H](O)CCCCCCCCCCCCCCCC. The molecule has 402 valence electrons. The smallest absolute Gasteiger partial charge is 0.391 e. The van der Waals surface area contributed by atoms with Crippen molar-refractivity contribution in [1.29, 1.82) is 0 Å². The van der Waals surface area contributed by atoms with Gasteiger partial charge in [-0.1, -0.05) is 316 Å². The van der Waals surface area contributed by atoms with Crippen molar-refractivity contribution < 1.29 is 28.4 Å². The van der Waals surface area contributed by atoms with Gasteiger partial charge in [-0.15, -0.1) is 0 Å². The maximum Gasteiger partial charge on any atom is 0.472 e. The highest BCUT2D eigenvalue weighted by molar-refractivity contribution is 7.47. The lowest BCUT2D eigenvalue weighted by molar-refractivity contribution is -0.123. The number of nitrogens with two attached hydrogens (primary N) is 1. The van der Waals surface area contributed by atoms with Crippen molar-refractivity contribution in [1.82, 2.24) is 5.32 Å². The molecule has 9 heteroatoms. The first-order valence-corrected chi connectivity index (χ1v) is 31.6. The molecule has 0 rings (SSSR count). The molecule has 0 heterocycles. The Labute approximate surface area is 418 Å². The summed E-state index contributed by atoms with van der Waals surface area (Å²) in [5.41, 5.74) is 5.41. The highest BCUT2D eigenvalue weighted by atomic mass is 31.2. The van der Waals surface area contributed by atoms with Crippen LogP contribution in [0.3, 0.4) is 0 Å². The van der Waals surface area contributed by atoms with Gasteiger partial charge in [0.2, 0.25) is 5.91 Å². The summed E-state index contributed by atoms with van der Waals surface area (Å²) in [6.45, 7) is 4.27. The number of hydrogen-bond acceptors (Lipinski definition) is 6. The summed E-state index contributed by atoms with van der Waals surface area (Å²) in [6.07, 6.45) is 64.6. The number of aliphatic hydroxyl groups excluding tert-OH is 1. The van der Waals surface area contributed by atoms with Gasteiger partial charge in [-0.05, 0) is 12.8 Å². The van der Waals surface area contributed by atoms with E-state index in [9.17, 15) is 19.4 Å². The molecular formula is C58H119N2O6P. The second-order valence-electron chi connectivity index (χ2n) is 20.9. The van der Waals surface area contributed by atoms with Gasteiger partial charge in [0, 0.05) is 13.0 Å². The van der Waals surface area contributed by atoms with Crippen LogP contribution in [0.15, 0.2) is 0 Å². The van der Waals surface area contributed by atoms with Gasteiger partial charge in [0.1, 0.15) is 0 Å². The molecule has 5 N–H and O–H groups in total. The molecule has 0 saturated carbocycles. The van der Waals surface area contributed by atoms with Gasteiger partial charge in [-0.3, -0.25) is 13.8 Å². The fourth-order valence-electron chi connectivity index (χ4n) is 9.67. The number of nitrogens with one attached hydrogen (secondary N) is 1. The molecule has 67 heavy (non-hydrogen) atoms. The van der Waals surface area contributed by atoms with E-state index in [2.05, 4.69) is 19.2 Å². The number of phosphoric acid groups is 1. The number of aliphatic hydroxyl groups is 1. The molecule has 0 fully saturated rings. The van der Waals surface area contributed by atoms with E-state index >= 15 is 0 Å². The standard InChI is InChI=1S/C58H119N2O6P/c1-3-5-7-9-11-13-15-17-19-20-21-22-23-24-25-26-27-28-29-30-31-32-33-34-35-36-37-38-40-42-44-46-48-50-52-58(62)60-56(55-66-67(63,64)65-54-53-59)57(61)51-49-47-45-43-41-39-18-16-14-12-10-8-6-4-2/h56-57,61H,3-55,59H2,1-2H3,(H,60,62)(H,63,64)/t56-,57+/m0/s1. The number of rotatable bonds is 58. The van der Waals surface area contributed by atoms with Crippen molar-refractivity contribution in [3.63, 3.8) is 0 Å². The second kappa shape index (κ2) is 54.8. The van der Waals surface area contributed by atoms with Gasteiger partial charge < -0.3 is 21.1 Å². The molecule has 0 bridgehead atoms. The summed E-state index contributed by atoms with van der Waals surface area (Å²) in [6, 6.07) is -0.769. The molecule has 0 aliphatic rings. The predicted molar refractivity (Wildman–Crippen MR) is 291 cm³/mol. The van der Waals surface area contributed by atoms with Crippen molar-refractivity contribution in [3.8, 4) is 0 Å². The van der Waals surface area contributed by atoms with Crippen molar-refractivity contribution in [3.05, 3.63) is 0 Å². The quantitative estimate of drug-likeness (QED) is 0.0353. The molecule has 0 aliphatic carbocycles. The Balaban J connectivity index is 3.75. The van der Waals surface area contributed by atoms with Gasteiger partial charge in [-0.2, -0.15) is 0 Å². The summed E-state index contributed by atoms with van der Waals surface area (Å²) >= 11 is 0. The van der Waals surface area contributed by atoms with Crippen molar-refractivity contribution in [2.75, 3.05) is 19.8 Å². The van der Waals surface area contributed by atoms with E-state index in [-0.39, 0.29) is 25.7 Å². The van der Waals surface area contributed by atoms with Gasteiger partial charge in [0.15, 0.2) is 0 Å². The fraction of sp³-hybridized carbons (Fsp3) is 0.983. The maximum absolute atomic E-state index is 12.9. The summed E-state index contributed by atoms with van der Waals surface area (Å²) in [4.78, 5) is 22.9. The van der Waals surface area contributed by atoms with Gasteiger partial charge >= 0.3 is 7.82 Å². The third-order valence-electron chi connectivity index (χ3n) is 14.2. The zero-order chi connectivity index (χ0) is 48.8. The lowest BCUT2D eigenvalue weighted by atomic mass is 10.0. The van der Waals surface area contributed by atoms with Crippen LogP contribution < -0.4 is 11.1 Å². The van der Waals surface area contributed by atoms with Crippen molar-refractivity contribution in [2.24, 2.45) is 5.73 Å². The van der Waals surface area contributed by atoms with Crippen LogP contribution in [0.25, 0.3) is 0 Å². The van der Waals surface area contributed by atoms with Gasteiger partial charge in [0.05, 0.1) is 25.4 Å². The molecule has 0 saturated heterocycles. The minimum Gasteiger partial charge on any atom is -0.391 e. The lowest BCUT2D eigenvalue weighted by Gasteiger charge is -2.25. The average molecular weight is 972 g/mol. The van der Waals surface area contributed by atoms with E-state index in [0.717, 1.165) is 38.5 Å². The van der Waals surface area contributed by atoms with E-state index in [1.54, 1.807) is 0 Å². The molecular weight excluding hydrogens is 852 g/mol. The molecule has 1 unspecified atom stereocenters. The van der Waals surface area contributed by atoms with Crippen LogP contribution in [0.5, 0.6) is 0 Å². The van der Waals surface area contributed by atoms with Crippen LogP contribution in [0.2, 0.25) is 0 Å². The molecule has 0 aromatic carbocycles. The van der Waals surface area contributed by atoms with Crippen molar-refractivity contribution in [2.45, 2.75) is 347 Å². The van der Waals surface area contributed by atoms with E-state index in [0.29, 0.717) is 12.8 Å². The van der Waals surface area contributed by atoms with Gasteiger partial charge in [0.25, 0.3) is 0 Å². The Kier molecular flexibility index (Phi) is 54.4. The predicted octanol–water partition coefficient (Wildman–Crippen LogP) is 18.5. The largest absolute Gasteiger partial charge is 0.472 e. The third kappa shape index (κ3) is 53.1. The Hall–Kier alpha value is -0.500. The molecule has 8 nitrogen and oxygen atoms in total. The van der Waals surface area contributed by atoms with E-state index in [1.165, 1.54) is 270 Å². The molecule has 0 radical (unpaired) electrons. The zero-order valence-electron chi connectivity index (χ0n) is 45.2. The Morgan fingerprint density at radius 2 is 0.687 bits per heavy atom. The van der Waals surface area contributed by atoms with Crippen LogP contribution in [0.4, 0.5) is 0 Å². The van der Waals surface area contributed by atoms with Crippen LogP contribution in [-0.4, -0.2) is 47.8 Å². The van der Waals surface area contributed by atoms with Crippen LogP contribution in [0, 0.1) is 0 Å². The van der Waals surface area contributed by atoms with Crippen LogP contribution in [-0.2, 0) is 18.4 Å². The number of amides is 1. The minimum atomic E-state index is -4.32. The summed E-state index contributed by atoms with van der Waals surface area (Å²) < 4.78 is 22.3. The summed E-state index contributed by atoms with van der Waals surface area (Å²) in [5, 5.41) is 13.9. The van der Waals surface area contributed by atoms with Crippen molar-refractivity contribution >= 4 is 13.7 Å². The first kappa shape index (κ1) is 66.5. The van der Waals surface area contributed by atoms with Crippen LogP contribution in [0.1, 0.15) is 335 Å². The van der Waals surface area contributed by atoms with E-state index < -0.39 is 20.0 Å². The number of phosphoric ester groups is 1. The monoisotopic (exact) mass is 971 g/mol. The molecule has 3 atom stereocenters. The zero-order valence-corrected chi connectivity index (χ0v) is 46.1. The molecule has 0 aliphatic heterocycles. The van der Waals surface area contributed by atoms with E-state index in [4.69, 9.17) is 14.8 Å². The lowest BCUT2D eigenvalue weighted by Crippen LogP contribution is -2.46. The number of unbranched alkanes of at least 4 members (excludes halogenated alkanes) is 46. The molecule has 1 amide bonds. The van der Waals surface area contributed by atoms with E-state index in [1.807, 2.05) is 0 Å². The molecule has 0 aromatic heterocycles. The van der Waals surface area contributed by atoms with Crippen LogP contribution >= 0.6 is 7.82 Å². The second-order valence-corrected chi connectivity index (χ2v) is 22.4. The average Bonchev–Trinajstić information content (AvgIpc) is 3.32.